The topological polar surface area (TPSA) is 40.9 Å². The van der Waals surface area contributed by atoms with Gasteiger partial charge in [0, 0.05) is 6.42 Å². The van der Waals surface area contributed by atoms with Crippen LogP contribution in [-0.4, -0.2) is 5.78 Å². The van der Waals surface area contributed by atoms with Crippen molar-refractivity contribution in [3.8, 4) is 6.07 Å². The van der Waals surface area contributed by atoms with E-state index in [1.807, 2.05) is 0 Å². The molecule has 0 heterocycles. The Labute approximate surface area is 93.0 Å². The van der Waals surface area contributed by atoms with Crippen LogP contribution >= 0.6 is 0 Å². The van der Waals surface area contributed by atoms with E-state index in [9.17, 15) is 4.79 Å². The number of hydrogen-bond acceptors (Lipinski definition) is 2. The third-order valence-electron chi connectivity index (χ3n) is 2.30. The summed E-state index contributed by atoms with van der Waals surface area (Å²) in [6.07, 6.45) is 2.39. The van der Waals surface area contributed by atoms with Crippen LogP contribution in [0.2, 0.25) is 0 Å². The fourth-order valence-electron chi connectivity index (χ4n) is 1.74. The molecule has 15 heavy (non-hydrogen) atoms. The van der Waals surface area contributed by atoms with E-state index in [4.69, 9.17) is 5.26 Å². The lowest BCUT2D eigenvalue weighted by atomic mass is 9.83. The quantitative estimate of drug-likeness (QED) is 0.511. The number of ketones is 1. The first-order valence-electron chi connectivity index (χ1n) is 5.38. The van der Waals surface area contributed by atoms with E-state index in [0.29, 0.717) is 17.8 Å². The van der Waals surface area contributed by atoms with Crippen molar-refractivity contribution >= 4 is 5.78 Å². The second kappa shape index (κ2) is 5.70. The summed E-state index contributed by atoms with van der Waals surface area (Å²) >= 11 is 0. The van der Waals surface area contributed by atoms with Crippen molar-refractivity contribution in [1.82, 2.24) is 0 Å². The van der Waals surface area contributed by atoms with Crippen LogP contribution in [0, 0.1) is 22.7 Å². The van der Waals surface area contributed by atoms with E-state index in [1.54, 1.807) is 6.07 Å². The molecule has 2 nitrogen and oxygen atoms in total. The normalized spacial score (nSPS) is 13.0. The highest BCUT2D eigenvalue weighted by molar-refractivity contribution is 5.98. The van der Waals surface area contributed by atoms with E-state index >= 15 is 0 Å². The monoisotopic (exact) mass is 207 g/mol. The predicted molar refractivity (Wildman–Crippen MR) is 62.2 cm³/mol. The third kappa shape index (κ3) is 6.90. The van der Waals surface area contributed by atoms with Crippen LogP contribution in [0.5, 0.6) is 0 Å². The van der Waals surface area contributed by atoms with Crippen molar-refractivity contribution < 1.29 is 4.79 Å². The van der Waals surface area contributed by atoms with Crippen molar-refractivity contribution in [3.63, 3.8) is 0 Å². The molecule has 0 aliphatic carbocycles. The van der Waals surface area contributed by atoms with Crippen molar-refractivity contribution in [2.24, 2.45) is 11.3 Å². The Balaban J connectivity index is 3.93. The smallest absolute Gasteiger partial charge is 0.172 e. The van der Waals surface area contributed by atoms with Gasteiger partial charge in [-0.15, -0.1) is 0 Å². The van der Waals surface area contributed by atoms with E-state index in [0.717, 1.165) is 12.8 Å². The van der Waals surface area contributed by atoms with Crippen molar-refractivity contribution in [2.75, 3.05) is 0 Å². The Hall–Kier alpha value is -1.10. The SMILES string of the molecule is C=C(C#N)C(=O)CCC(C)CC(C)(C)C. The highest BCUT2D eigenvalue weighted by atomic mass is 16.1. The van der Waals surface area contributed by atoms with Crippen molar-refractivity contribution in [3.05, 3.63) is 12.2 Å². The van der Waals surface area contributed by atoms with Crippen LogP contribution in [0.3, 0.4) is 0 Å². The number of rotatable bonds is 5. The fourth-order valence-corrected chi connectivity index (χ4v) is 1.74. The first-order valence-corrected chi connectivity index (χ1v) is 5.38. The van der Waals surface area contributed by atoms with Gasteiger partial charge in [-0.2, -0.15) is 5.26 Å². The second-order valence-corrected chi connectivity index (χ2v) is 5.42. The summed E-state index contributed by atoms with van der Waals surface area (Å²) in [7, 11) is 0. The Bertz CT molecular complexity index is 278. The maximum atomic E-state index is 11.3. The number of allylic oxidation sites excluding steroid dienone is 1. The molecule has 0 saturated heterocycles. The maximum Gasteiger partial charge on any atom is 0.172 e. The van der Waals surface area contributed by atoms with E-state index < -0.39 is 0 Å². The molecule has 0 aromatic carbocycles. The number of nitrogens with zero attached hydrogens (tertiary/aromatic N) is 1. The fraction of sp³-hybridized carbons (Fsp3) is 0.692. The van der Waals surface area contributed by atoms with Gasteiger partial charge >= 0.3 is 0 Å². The highest BCUT2D eigenvalue weighted by Gasteiger charge is 2.16. The van der Waals surface area contributed by atoms with Crippen LogP contribution < -0.4 is 0 Å². The van der Waals surface area contributed by atoms with Gasteiger partial charge in [-0.1, -0.05) is 34.3 Å². The number of Topliss-reactive ketones (excluding diaryl/α,β-unsaturated/α-hetero) is 1. The number of carbonyl (C=O) groups excluding carboxylic acids is 1. The van der Waals surface area contributed by atoms with Gasteiger partial charge in [0.05, 0.1) is 5.57 Å². The van der Waals surface area contributed by atoms with Crippen LogP contribution in [0.15, 0.2) is 12.2 Å². The van der Waals surface area contributed by atoms with Crippen LogP contribution in [-0.2, 0) is 4.79 Å². The minimum Gasteiger partial charge on any atom is -0.293 e. The molecule has 0 fully saturated rings. The van der Waals surface area contributed by atoms with E-state index in [2.05, 4.69) is 34.3 Å². The lowest BCUT2D eigenvalue weighted by Gasteiger charge is -2.22. The van der Waals surface area contributed by atoms with Crippen molar-refractivity contribution in [2.45, 2.75) is 47.0 Å². The second-order valence-electron chi connectivity index (χ2n) is 5.42. The van der Waals surface area contributed by atoms with Gasteiger partial charge in [0.15, 0.2) is 5.78 Å². The molecule has 0 amide bonds. The number of carbonyl (C=O) groups is 1. The Morgan fingerprint density at radius 3 is 2.40 bits per heavy atom. The predicted octanol–water partition coefficient (Wildman–Crippen LogP) is 3.49. The van der Waals surface area contributed by atoms with Gasteiger partial charge in [-0.05, 0) is 24.2 Å². The molecule has 0 aromatic heterocycles. The highest BCUT2D eigenvalue weighted by Crippen LogP contribution is 2.26. The van der Waals surface area contributed by atoms with Crippen LogP contribution in [0.25, 0.3) is 0 Å². The summed E-state index contributed by atoms with van der Waals surface area (Å²) in [5, 5.41) is 8.49. The van der Waals surface area contributed by atoms with Gasteiger partial charge in [0.1, 0.15) is 6.07 Å². The van der Waals surface area contributed by atoms with Crippen LogP contribution in [0.4, 0.5) is 0 Å². The first-order chi connectivity index (χ1) is 6.76. The molecule has 0 rings (SSSR count). The minimum atomic E-state index is -0.113. The molecular weight excluding hydrogens is 186 g/mol. The average Bonchev–Trinajstić information content (AvgIpc) is 2.10. The van der Waals surface area contributed by atoms with E-state index in [1.165, 1.54) is 0 Å². The molecule has 1 unspecified atom stereocenters. The van der Waals surface area contributed by atoms with Crippen molar-refractivity contribution in [1.29, 1.82) is 5.26 Å². The number of nitriles is 1. The summed E-state index contributed by atoms with van der Waals surface area (Å²) in [6, 6.07) is 1.79. The molecular formula is C13H21NO. The summed E-state index contributed by atoms with van der Waals surface area (Å²) in [5.41, 5.74) is 0.382. The summed E-state index contributed by atoms with van der Waals surface area (Å²) in [4.78, 5) is 11.3. The molecule has 0 aliphatic rings. The minimum absolute atomic E-state index is 0.0814. The zero-order valence-electron chi connectivity index (χ0n) is 10.3. The molecule has 0 spiro atoms. The molecule has 2 heteroatoms. The van der Waals surface area contributed by atoms with Gasteiger partial charge in [-0.25, -0.2) is 0 Å². The summed E-state index contributed by atoms with van der Waals surface area (Å²) < 4.78 is 0. The van der Waals surface area contributed by atoms with Gasteiger partial charge in [0.2, 0.25) is 0 Å². The van der Waals surface area contributed by atoms with Gasteiger partial charge in [0.25, 0.3) is 0 Å². The Kier molecular flexibility index (Phi) is 5.28. The molecule has 0 radical (unpaired) electrons. The lowest BCUT2D eigenvalue weighted by molar-refractivity contribution is -0.115. The summed E-state index contributed by atoms with van der Waals surface area (Å²) in [6.45, 7) is 12.1. The molecule has 0 N–H and O–H groups in total. The number of hydrogen-bond donors (Lipinski definition) is 0. The molecule has 0 aliphatic heterocycles. The Morgan fingerprint density at radius 1 is 1.47 bits per heavy atom. The zero-order valence-corrected chi connectivity index (χ0v) is 10.3. The zero-order chi connectivity index (χ0) is 12.1. The standard InChI is InChI=1S/C13H21NO/c1-10(8-13(3,4)5)6-7-12(15)11(2)9-14/h10H,2,6-8H2,1,3-5H3. The van der Waals surface area contributed by atoms with Gasteiger partial charge < -0.3 is 0 Å². The maximum absolute atomic E-state index is 11.3. The first kappa shape index (κ1) is 13.9. The largest absolute Gasteiger partial charge is 0.293 e. The molecule has 84 valence electrons. The molecule has 1 atom stereocenters. The van der Waals surface area contributed by atoms with Gasteiger partial charge in [-0.3, -0.25) is 4.79 Å². The molecule has 0 aromatic rings. The molecule has 0 bridgehead atoms. The molecule has 0 saturated carbocycles. The van der Waals surface area contributed by atoms with E-state index in [-0.39, 0.29) is 11.4 Å². The Morgan fingerprint density at radius 2 is 2.00 bits per heavy atom. The summed E-state index contributed by atoms with van der Waals surface area (Å²) in [5.74, 6) is 0.402. The lowest BCUT2D eigenvalue weighted by Crippen LogP contribution is -2.12. The average molecular weight is 207 g/mol. The van der Waals surface area contributed by atoms with Crippen LogP contribution in [0.1, 0.15) is 47.0 Å². The third-order valence-corrected chi connectivity index (χ3v) is 2.30.